The molecule has 0 fully saturated rings. The average Bonchev–Trinajstić information content (AvgIpc) is 2.50. The van der Waals surface area contributed by atoms with Crippen LogP contribution < -0.4 is 4.74 Å². The zero-order valence-electron chi connectivity index (χ0n) is 12.8. The Kier molecular flexibility index (Phi) is 4.92. The number of benzene rings is 2. The van der Waals surface area contributed by atoms with Crippen LogP contribution in [-0.2, 0) is 6.61 Å². The lowest BCUT2D eigenvalue weighted by Crippen LogP contribution is -2.10. The van der Waals surface area contributed by atoms with Crippen LogP contribution in [0.4, 0.5) is 22.0 Å². The van der Waals surface area contributed by atoms with E-state index in [0.717, 1.165) is 11.1 Å². The standard InChI is InChI=1S/C17H15F5O/c1-8(2)10-5-4-9(3)6-12(10)23-7-11-13(18)15(20)17(22)16(21)14(11)19/h4-6,8H,7H2,1-3H3. The lowest BCUT2D eigenvalue weighted by molar-refractivity contribution is 0.276. The molecule has 0 amide bonds. The SMILES string of the molecule is Cc1ccc(C(C)C)c(OCc2c(F)c(F)c(F)c(F)c2F)c1. The van der Waals surface area contributed by atoms with Crippen molar-refractivity contribution >= 4 is 0 Å². The first-order valence-corrected chi connectivity index (χ1v) is 6.97. The Morgan fingerprint density at radius 1 is 0.870 bits per heavy atom. The molecule has 0 radical (unpaired) electrons. The number of hydrogen-bond donors (Lipinski definition) is 0. The molecule has 2 aromatic rings. The van der Waals surface area contributed by atoms with E-state index in [1.54, 1.807) is 19.1 Å². The van der Waals surface area contributed by atoms with Crippen molar-refractivity contribution < 1.29 is 26.7 Å². The van der Waals surface area contributed by atoms with Gasteiger partial charge in [0.05, 0.1) is 5.56 Å². The summed E-state index contributed by atoms with van der Waals surface area (Å²) < 4.78 is 72.0. The van der Waals surface area contributed by atoms with Gasteiger partial charge in [-0.05, 0) is 30.0 Å². The quantitative estimate of drug-likeness (QED) is 0.415. The minimum atomic E-state index is -2.18. The minimum absolute atomic E-state index is 0.0713. The van der Waals surface area contributed by atoms with Gasteiger partial charge in [-0.15, -0.1) is 0 Å². The molecule has 0 bridgehead atoms. The van der Waals surface area contributed by atoms with Crippen LogP contribution >= 0.6 is 0 Å². The Morgan fingerprint density at radius 2 is 1.39 bits per heavy atom. The zero-order valence-corrected chi connectivity index (χ0v) is 12.8. The first kappa shape index (κ1) is 17.2. The zero-order chi connectivity index (χ0) is 17.3. The molecule has 0 aliphatic heterocycles. The van der Waals surface area contributed by atoms with Crippen LogP contribution in [0.5, 0.6) is 5.75 Å². The van der Waals surface area contributed by atoms with Crippen molar-refractivity contribution in [1.29, 1.82) is 0 Å². The Labute approximate surface area is 130 Å². The number of ether oxygens (including phenoxy) is 1. The predicted octanol–water partition coefficient (Wildman–Crippen LogP) is 5.39. The van der Waals surface area contributed by atoms with E-state index in [1.807, 2.05) is 19.9 Å². The van der Waals surface area contributed by atoms with Crippen LogP contribution in [0.3, 0.4) is 0 Å². The smallest absolute Gasteiger partial charge is 0.200 e. The molecule has 124 valence electrons. The third kappa shape index (κ3) is 3.30. The van der Waals surface area contributed by atoms with Crippen LogP contribution in [0, 0.1) is 36.0 Å². The molecule has 0 atom stereocenters. The van der Waals surface area contributed by atoms with Gasteiger partial charge in [0.25, 0.3) is 0 Å². The van der Waals surface area contributed by atoms with Gasteiger partial charge in [0, 0.05) is 0 Å². The van der Waals surface area contributed by atoms with Crippen molar-refractivity contribution in [3.05, 3.63) is 64.0 Å². The van der Waals surface area contributed by atoms with Crippen molar-refractivity contribution in [3.63, 3.8) is 0 Å². The third-order valence-electron chi connectivity index (χ3n) is 3.46. The van der Waals surface area contributed by atoms with Crippen LogP contribution in [0.1, 0.15) is 36.5 Å². The first-order chi connectivity index (χ1) is 10.7. The molecule has 0 N–H and O–H groups in total. The highest BCUT2D eigenvalue weighted by Gasteiger charge is 2.26. The number of halogens is 5. The Hall–Kier alpha value is -2.11. The molecule has 0 saturated carbocycles. The number of aryl methyl sites for hydroxylation is 1. The third-order valence-corrected chi connectivity index (χ3v) is 3.46. The van der Waals surface area contributed by atoms with Gasteiger partial charge in [0.15, 0.2) is 23.3 Å². The molecule has 0 spiro atoms. The van der Waals surface area contributed by atoms with Crippen LogP contribution in [-0.4, -0.2) is 0 Å². The van der Waals surface area contributed by atoms with Crippen LogP contribution in [0.15, 0.2) is 18.2 Å². The van der Waals surface area contributed by atoms with E-state index in [2.05, 4.69) is 0 Å². The van der Waals surface area contributed by atoms with Crippen molar-refractivity contribution in [2.75, 3.05) is 0 Å². The van der Waals surface area contributed by atoms with E-state index in [-0.39, 0.29) is 5.92 Å². The normalized spacial score (nSPS) is 11.2. The molecule has 6 heteroatoms. The fraction of sp³-hybridized carbons (Fsp3) is 0.294. The van der Waals surface area contributed by atoms with Gasteiger partial charge in [-0.3, -0.25) is 0 Å². The van der Waals surface area contributed by atoms with Gasteiger partial charge in [0.2, 0.25) is 5.82 Å². The number of rotatable bonds is 4. The van der Waals surface area contributed by atoms with Gasteiger partial charge in [-0.1, -0.05) is 26.0 Å². The van der Waals surface area contributed by atoms with E-state index in [0.29, 0.717) is 5.75 Å². The Bertz CT molecular complexity index is 711. The average molecular weight is 330 g/mol. The molecule has 0 aliphatic rings. The molecule has 0 aromatic heterocycles. The summed E-state index contributed by atoms with van der Waals surface area (Å²) >= 11 is 0. The summed E-state index contributed by atoms with van der Waals surface area (Å²) in [5.74, 6) is -9.46. The van der Waals surface area contributed by atoms with E-state index >= 15 is 0 Å². The first-order valence-electron chi connectivity index (χ1n) is 6.97. The summed E-state index contributed by atoms with van der Waals surface area (Å²) in [6.45, 7) is 4.84. The highest BCUT2D eigenvalue weighted by Crippen LogP contribution is 2.30. The molecule has 0 saturated heterocycles. The maximum absolute atomic E-state index is 13.6. The molecular weight excluding hydrogens is 315 g/mol. The van der Waals surface area contributed by atoms with Crippen molar-refractivity contribution in [3.8, 4) is 5.75 Å². The van der Waals surface area contributed by atoms with Crippen molar-refractivity contribution in [1.82, 2.24) is 0 Å². The molecule has 0 unspecified atom stereocenters. The second kappa shape index (κ2) is 6.56. The second-order valence-electron chi connectivity index (χ2n) is 5.53. The van der Waals surface area contributed by atoms with Gasteiger partial charge < -0.3 is 4.74 Å². The van der Waals surface area contributed by atoms with Crippen molar-refractivity contribution in [2.45, 2.75) is 33.3 Å². The van der Waals surface area contributed by atoms with E-state index in [1.165, 1.54) is 0 Å². The molecule has 1 nitrogen and oxygen atoms in total. The fourth-order valence-corrected chi connectivity index (χ4v) is 2.17. The summed E-state index contributed by atoms with van der Waals surface area (Å²) in [7, 11) is 0. The maximum atomic E-state index is 13.6. The van der Waals surface area contributed by atoms with Crippen molar-refractivity contribution in [2.24, 2.45) is 0 Å². The minimum Gasteiger partial charge on any atom is -0.488 e. The molecular formula is C17H15F5O. The molecule has 23 heavy (non-hydrogen) atoms. The van der Waals surface area contributed by atoms with E-state index in [9.17, 15) is 22.0 Å². The summed E-state index contributed by atoms with van der Waals surface area (Å²) in [4.78, 5) is 0. The Balaban J connectivity index is 2.38. The molecule has 0 heterocycles. The van der Waals surface area contributed by atoms with Crippen LogP contribution in [0.25, 0.3) is 0 Å². The lowest BCUT2D eigenvalue weighted by atomic mass is 10.0. The summed E-state index contributed by atoms with van der Waals surface area (Å²) in [5.41, 5.74) is 0.638. The largest absolute Gasteiger partial charge is 0.488 e. The lowest BCUT2D eigenvalue weighted by Gasteiger charge is -2.16. The highest BCUT2D eigenvalue weighted by atomic mass is 19.2. The predicted molar refractivity (Wildman–Crippen MR) is 75.8 cm³/mol. The highest BCUT2D eigenvalue weighted by molar-refractivity contribution is 5.39. The van der Waals surface area contributed by atoms with Gasteiger partial charge in [0.1, 0.15) is 12.4 Å². The summed E-state index contributed by atoms with van der Waals surface area (Å²) in [6.07, 6.45) is 0. The van der Waals surface area contributed by atoms with E-state index in [4.69, 9.17) is 4.74 Å². The van der Waals surface area contributed by atoms with Gasteiger partial charge in [-0.2, -0.15) is 0 Å². The van der Waals surface area contributed by atoms with Crippen LogP contribution in [0.2, 0.25) is 0 Å². The van der Waals surface area contributed by atoms with Gasteiger partial charge in [-0.25, -0.2) is 22.0 Å². The molecule has 2 aromatic carbocycles. The van der Waals surface area contributed by atoms with E-state index < -0.39 is 41.3 Å². The second-order valence-corrected chi connectivity index (χ2v) is 5.53. The molecule has 2 rings (SSSR count). The maximum Gasteiger partial charge on any atom is 0.200 e. The monoisotopic (exact) mass is 330 g/mol. The number of hydrogen-bond acceptors (Lipinski definition) is 1. The summed E-state index contributed by atoms with van der Waals surface area (Å²) in [6, 6.07) is 5.30. The Morgan fingerprint density at radius 3 is 1.91 bits per heavy atom. The fourth-order valence-electron chi connectivity index (χ4n) is 2.17. The molecule has 0 aliphatic carbocycles. The summed E-state index contributed by atoms with van der Waals surface area (Å²) in [5, 5.41) is 0. The topological polar surface area (TPSA) is 9.23 Å². The van der Waals surface area contributed by atoms with Gasteiger partial charge >= 0.3 is 0 Å².